The highest BCUT2D eigenvalue weighted by atomic mass is 16.5. The van der Waals surface area contributed by atoms with E-state index in [0.29, 0.717) is 84.9 Å². The third kappa shape index (κ3) is 43.3. The first-order valence-electron chi connectivity index (χ1n) is 22.7. The predicted molar refractivity (Wildman–Crippen MR) is 246 cm³/mol. The van der Waals surface area contributed by atoms with Crippen molar-refractivity contribution >= 4 is 52.8 Å². The maximum absolute atomic E-state index is 11.7. The fourth-order valence-corrected chi connectivity index (χ4v) is 5.02. The van der Waals surface area contributed by atoms with Gasteiger partial charge >= 0.3 is 11.9 Å². The van der Waals surface area contributed by atoms with E-state index in [4.69, 9.17) is 29.2 Å². The van der Waals surface area contributed by atoms with Crippen molar-refractivity contribution in [3.63, 3.8) is 0 Å². The van der Waals surface area contributed by atoms with Crippen molar-refractivity contribution in [1.29, 1.82) is 0 Å². The second-order valence-corrected chi connectivity index (χ2v) is 17.1. The fourth-order valence-electron chi connectivity index (χ4n) is 5.02. The number of nitrogens with one attached hydrogen (secondary N) is 3. The monoisotopic (exact) mass is 930 g/mol. The van der Waals surface area contributed by atoms with Gasteiger partial charge in [0.1, 0.15) is 35.2 Å². The van der Waals surface area contributed by atoms with E-state index in [9.17, 15) is 43.2 Å². The molecule has 65 heavy (non-hydrogen) atoms. The molecule has 0 fully saturated rings. The third-order valence-electron chi connectivity index (χ3n) is 9.31. The molecule has 0 bridgehead atoms. The lowest BCUT2D eigenvalue weighted by molar-refractivity contribution is -0.142. The van der Waals surface area contributed by atoms with Gasteiger partial charge in [-0.1, -0.05) is 67.5 Å². The Hall–Kier alpha value is -4.39. The number of amides is 3. The Morgan fingerprint density at radius 3 is 1.38 bits per heavy atom. The Balaban J connectivity index is -0.000000912. The number of carbonyl (C=O) groups is 9. The third-order valence-corrected chi connectivity index (χ3v) is 9.31. The summed E-state index contributed by atoms with van der Waals surface area (Å²) >= 11 is 0. The summed E-state index contributed by atoms with van der Waals surface area (Å²) in [6.45, 7) is 25.5. The molecule has 0 aromatic rings. The fraction of sp³-hybridized carbons (Fsp3) is 0.766. The van der Waals surface area contributed by atoms with Gasteiger partial charge in [-0.15, -0.1) is 0 Å². The van der Waals surface area contributed by atoms with E-state index in [1.54, 1.807) is 0 Å². The van der Waals surface area contributed by atoms with E-state index in [1.807, 2.05) is 48.5 Å². The van der Waals surface area contributed by atoms with Crippen LogP contribution in [-0.2, 0) is 62.1 Å². The predicted octanol–water partition coefficient (Wildman–Crippen LogP) is 5.21. The highest BCUT2D eigenvalue weighted by Gasteiger charge is 2.21. The lowest BCUT2D eigenvalue weighted by Gasteiger charge is -2.16. The molecule has 0 aromatic carbocycles. The van der Waals surface area contributed by atoms with Crippen molar-refractivity contribution in [3.8, 4) is 0 Å². The number of aliphatic carboxylic acids is 2. The van der Waals surface area contributed by atoms with E-state index in [2.05, 4.69) is 29.5 Å². The Morgan fingerprint density at radius 2 is 0.969 bits per heavy atom. The molecule has 0 aromatic heterocycles. The van der Waals surface area contributed by atoms with Crippen LogP contribution in [-0.4, -0.2) is 134 Å². The van der Waals surface area contributed by atoms with Crippen LogP contribution in [0.25, 0.3) is 0 Å². The molecule has 18 heteroatoms. The van der Waals surface area contributed by atoms with E-state index in [1.165, 1.54) is 19.4 Å². The number of ketones is 4. The summed E-state index contributed by atoms with van der Waals surface area (Å²) in [6, 6.07) is -2.11. The number of carboxylic acid groups (broad SMARTS) is 2. The lowest BCUT2D eigenvalue weighted by atomic mass is 9.89. The van der Waals surface area contributed by atoms with E-state index in [-0.39, 0.29) is 72.0 Å². The van der Waals surface area contributed by atoms with Crippen LogP contribution in [0.3, 0.4) is 0 Å². The summed E-state index contributed by atoms with van der Waals surface area (Å²) in [6.07, 6.45) is 5.40. The number of carboxylic acids is 2. The summed E-state index contributed by atoms with van der Waals surface area (Å²) in [4.78, 5) is 101. The largest absolute Gasteiger partial charge is 0.480 e. The summed E-state index contributed by atoms with van der Waals surface area (Å²) in [7, 11) is 0. The summed E-state index contributed by atoms with van der Waals surface area (Å²) in [5, 5.41) is 25.0. The van der Waals surface area contributed by atoms with Gasteiger partial charge in [0.05, 0.1) is 39.6 Å². The van der Waals surface area contributed by atoms with Gasteiger partial charge in [-0.2, -0.15) is 0 Å². The number of hydrogen-bond donors (Lipinski definition) is 5. The van der Waals surface area contributed by atoms with Crippen LogP contribution in [0.5, 0.6) is 0 Å². The number of rotatable bonds is 36. The first-order valence-corrected chi connectivity index (χ1v) is 22.7. The van der Waals surface area contributed by atoms with E-state index < -0.39 is 35.8 Å². The van der Waals surface area contributed by atoms with Crippen molar-refractivity contribution in [2.75, 3.05) is 59.4 Å². The molecular weight excluding hydrogens is 847 g/mol. The second kappa shape index (κ2) is 39.9. The van der Waals surface area contributed by atoms with Gasteiger partial charge in [0.2, 0.25) is 17.7 Å². The molecule has 0 unspecified atom stereocenters. The first-order chi connectivity index (χ1) is 30.3. The van der Waals surface area contributed by atoms with Crippen LogP contribution < -0.4 is 16.0 Å². The summed E-state index contributed by atoms with van der Waals surface area (Å²) < 4.78 is 21.3. The molecule has 2 atom stereocenters. The van der Waals surface area contributed by atoms with Gasteiger partial charge in [0.25, 0.3) is 0 Å². The summed E-state index contributed by atoms with van der Waals surface area (Å²) in [5.74, 6) is -2.99. The quantitative estimate of drug-likeness (QED) is 0.0399. The maximum atomic E-state index is 11.7. The average Bonchev–Trinajstić information content (AvgIpc) is 3.21. The zero-order valence-electron chi connectivity index (χ0n) is 41.1. The zero-order valence-corrected chi connectivity index (χ0v) is 41.1. The molecule has 0 aliphatic heterocycles. The number of allylic oxidation sites excluding steroid dienone is 1. The molecule has 0 heterocycles. The highest BCUT2D eigenvalue weighted by molar-refractivity contribution is 5.85. The highest BCUT2D eigenvalue weighted by Crippen LogP contribution is 2.16. The van der Waals surface area contributed by atoms with Crippen LogP contribution in [0, 0.1) is 17.3 Å². The maximum Gasteiger partial charge on any atom is 0.326 e. The Morgan fingerprint density at radius 1 is 0.554 bits per heavy atom. The van der Waals surface area contributed by atoms with Gasteiger partial charge in [-0.25, -0.2) is 9.59 Å². The molecule has 3 amide bonds. The molecule has 376 valence electrons. The molecular formula is C47H83N3O15. The lowest BCUT2D eigenvalue weighted by Crippen LogP contribution is -2.40. The molecule has 0 saturated carbocycles. The first kappa shape index (κ1) is 64.9. The molecule has 0 aliphatic rings. The van der Waals surface area contributed by atoms with Crippen molar-refractivity contribution in [2.24, 2.45) is 17.3 Å². The van der Waals surface area contributed by atoms with Crippen molar-refractivity contribution < 1.29 is 72.3 Å². The topological polar surface area (TPSA) is 267 Å². The van der Waals surface area contributed by atoms with Crippen molar-refractivity contribution in [2.45, 2.75) is 158 Å². The molecule has 18 nitrogen and oxygen atoms in total. The molecule has 0 spiro atoms. The van der Waals surface area contributed by atoms with Crippen LogP contribution in [0.15, 0.2) is 12.2 Å². The minimum atomic E-state index is -1.17. The van der Waals surface area contributed by atoms with E-state index in [0.717, 1.165) is 25.9 Å². The van der Waals surface area contributed by atoms with E-state index >= 15 is 0 Å². The SMILES string of the molecule is C=C(CC)CCCOCCC(=O)C(C)(C)C.CC(=O)N[C@@H](CCC(=O)CCCOCCC(=O)C(C)C)C(=O)O.CC(=O)N[C@@H](CCC(=O)NCCOCCOCCC(=O)C(C)C)C(=O)O. The smallest absolute Gasteiger partial charge is 0.326 e. The summed E-state index contributed by atoms with van der Waals surface area (Å²) in [5.41, 5.74) is 1.04. The van der Waals surface area contributed by atoms with Gasteiger partial charge in [0, 0.05) is 89.4 Å². The normalized spacial score (nSPS) is 11.8. The van der Waals surface area contributed by atoms with Crippen LogP contribution in [0.1, 0.15) is 146 Å². The number of hydrogen-bond acceptors (Lipinski definition) is 13. The van der Waals surface area contributed by atoms with Crippen molar-refractivity contribution in [3.05, 3.63) is 12.2 Å². The molecule has 0 saturated heterocycles. The Labute approximate surface area is 387 Å². The number of ether oxygens (including phenoxy) is 4. The Kier molecular flexibility index (Phi) is 39.9. The van der Waals surface area contributed by atoms with Crippen LogP contribution in [0.4, 0.5) is 0 Å². The number of carbonyl (C=O) groups excluding carboxylic acids is 7. The molecule has 0 radical (unpaired) electrons. The second-order valence-electron chi connectivity index (χ2n) is 17.1. The molecule has 0 aliphatic carbocycles. The van der Waals surface area contributed by atoms with Crippen LogP contribution >= 0.6 is 0 Å². The average molecular weight is 930 g/mol. The minimum Gasteiger partial charge on any atom is -0.480 e. The zero-order chi connectivity index (χ0) is 50.4. The molecule has 5 N–H and O–H groups in total. The Bertz CT molecular complexity index is 1440. The van der Waals surface area contributed by atoms with Gasteiger partial charge in [0.15, 0.2) is 0 Å². The standard InChI is InChI=1S/C17H30N2O7.C16H27NO6.C14H26O2/c1-12(2)15(21)6-8-25-10-11-26-9-7-18-16(22)5-4-14(17(23)24)19-13(3)20;1-11(2)15(20)8-10-23-9-4-5-13(19)6-7-14(16(21)22)17-12(3)18;1-6-12(2)8-7-10-16-11-9-13(15)14(3,4)5/h12,14H,4-11H2,1-3H3,(H,18,22)(H,19,20)(H,23,24);11,14H,4-10H2,1-3H3,(H,17,18)(H,21,22);2,6-11H2,1,3-5H3/t2*14-;/m00./s1. The minimum absolute atomic E-state index is 0.00553. The van der Waals surface area contributed by atoms with Gasteiger partial charge in [-0.05, 0) is 38.5 Å². The van der Waals surface area contributed by atoms with Gasteiger partial charge < -0.3 is 45.1 Å². The van der Waals surface area contributed by atoms with Gasteiger partial charge in [-0.3, -0.25) is 33.6 Å². The number of Topliss-reactive ketones (excluding diaryl/α,β-unsaturated/α-hetero) is 4. The van der Waals surface area contributed by atoms with Crippen LogP contribution in [0.2, 0.25) is 0 Å². The van der Waals surface area contributed by atoms with Crippen molar-refractivity contribution in [1.82, 2.24) is 16.0 Å². The molecule has 0 rings (SSSR count).